The summed E-state index contributed by atoms with van der Waals surface area (Å²) in [6.45, 7) is -0.297. The van der Waals surface area contributed by atoms with Crippen molar-refractivity contribution in [3.63, 3.8) is 0 Å². The van der Waals surface area contributed by atoms with Crippen LogP contribution in [0.3, 0.4) is 0 Å². The van der Waals surface area contributed by atoms with E-state index in [1.54, 1.807) is 0 Å². The predicted molar refractivity (Wildman–Crippen MR) is 52.7 cm³/mol. The zero-order valence-electron chi connectivity index (χ0n) is 7.71. The van der Waals surface area contributed by atoms with Crippen molar-refractivity contribution >= 4 is 23.2 Å². The molecule has 1 amide bonds. The van der Waals surface area contributed by atoms with Crippen LogP contribution in [0.5, 0.6) is 0 Å². The third kappa shape index (κ3) is 3.30. The summed E-state index contributed by atoms with van der Waals surface area (Å²) in [7, 11) is 0. The van der Waals surface area contributed by atoms with E-state index in [2.05, 4.69) is 10.3 Å². The fourth-order valence-corrected chi connectivity index (χ4v) is 1.48. The van der Waals surface area contributed by atoms with E-state index in [1.165, 1.54) is 22.2 Å². The van der Waals surface area contributed by atoms with E-state index >= 15 is 0 Å². The summed E-state index contributed by atoms with van der Waals surface area (Å²) < 4.78 is 0. The number of aliphatic carboxylic acids is 1. The van der Waals surface area contributed by atoms with E-state index in [-0.39, 0.29) is 18.7 Å². The van der Waals surface area contributed by atoms with Gasteiger partial charge in [-0.05, 0) is 0 Å². The number of amides is 1. The summed E-state index contributed by atoms with van der Waals surface area (Å²) in [6.07, 6.45) is -0.0226. The number of aliphatic hydroxyl groups is 1. The minimum atomic E-state index is -1.17. The molecule has 0 aromatic carbocycles. The highest BCUT2D eigenvalue weighted by atomic mass is 32.1. The van der Waals surface area contributed by atoms with Gasteiger partial charge in [0.1, 0.15) is 11.7 Å². The zero-order valence-corrected chi connectivity index (χ0v) is 8.53. The van der Waals surface area contributed by atoms with Crippen LogP contribution in [0.4, 0.5) is 0 Å². The van der Waals surface area contributed by atoms with E-state index in [0.717, 1.165) is 0 Å². The van der Waals surface area contributed by atoms with E-state index in [0.29, 0.717) is 0 Å². The number of carboxylic acids is 1. The highest BCUT2D eigenvalue weighted by Crippen LogP contribution is 2.02. The molecular formula is C8H10N2O4S. The molecule has 0 radical (unpaired) electrons. The van der Waals surface area contributed by atoms with Gasteiger partial charge in [0.2, 0.25) is 0 Å². The van der Waals surface area contributed by atoms with Crippen LogP contribution < -0.4 is 5.32 Å². The predicted octanol–water partition coefficient (Wildman–Crippen LogP) is -0.292. The van der Waals surface area contributed by atoms with Crippen molar-refractivity contribution in [3.05, 3.63) is 16.6 Å². The van der Waals surface area contributed by atoms with Gasteiger partial charge in [-0.15, -0.1) is 11.3 Å². The zero-order chi connectivity index (χ0) is 11.3. The Morgan fingerprint density at radius 3 is 2.80 bits per heavy atom. The molecule has 0 spiro atoms. The standard InChI is InChI=1S/C8H10N2O4S/c11-2-1-5(8(13)14)10-7(12)6-3-15-4-9-6/h3-5,11H,1-2H2,(H,10,12)(H,13,14)/t5-/m0/s1. The van der Waals surface area contributed by atoms with Crippen LogP contribution in [-0.4, -0.2) is 39.7 Å². The number of nitrogens with zero attached hydrogens (tertiary/aromatic N) is 1. The highest BCUT2D eigenvalue weighted by Gasteiger charge is 2.20. The minimum Gasteiger partial charge on any atom is -0.480 e. The molecule has 0 saturated heterocycles. The number of thiazole rings is 1. The lowest BCUT2D eigenvalue weighted by molar-refractivity contribution is -0.139. The molecule has 0 fully saturated rings. The Balaban J connectivity index is 2.59. The van der Waals surface area contributed by atoms with Gasteiger partial charge in [0, 0.05) is 18.4 Å². The van der Waals surface area contributed by atoms with Gasteiger partial charge in [-0.1, -0.05) is 0 Å². The molecule has 82 valence electrons. The second-order valence-electron chi connectivity index (χ2n) is 2.75. The van der Waals surface area contributed by atoms with Gasteiger partial charge in [0.05, 0.1) is 5.51 Å². The van der Waals surface area contributed by atoms with Crippen LogP contribution in [0.25, 0.3) is 0 Å². The molecule has 1 atom stereocenters. The van der Waals surface area contributed by atoms with Gasteiger partial charge in [0.15, 0.2) is 0 Å². The van der Waals surface area contributed by atoms with Crippen LogP contribution in [0.15, 0.2) is 10.9 Å². The Kier molecular flexibility index (Phi) is 4.19. The fourth-order valence-electron chi connectivity index (χ4n) is 0.943. The molecule has 0 aliphatic rings. The van der Waals surface area contributed by atoms with Crippen molar-refractivity contribution in [3.8, 4) is 0 Å². The number of nitrogens with one attached hydrogen (secondary N) is 1. The maximum absolute atomic E-state index is 11.4. The lowest BCUT2D eigenvalue weighted by Gasteiger charge is -2.11. The molecule has 3 N–H and O–H groups in total. The Labute approximate surface area is 89.6 Å². The molecule has 1 rings (SSSR count). The van der Waals surface area contributed by atoms with Crippen molar-refractivity contribution in [2.45, 2.75) is 12.5 Å². The van der Waals surface area contributed by atoms with Crippen molar-refractivity contribution in [1.29, 1.82) is 0 Å². The topological polar surface area (TPSA) is 99.5 Å². The molecule has 0 bridgehead atoms. The van der Waals surface area contributed by atoms with E-state index in [4.69, 9.17) is 10.2 Å². The Morgan fingerprint density at radius 2 is 2.33 bits per heavy atom. The normalized spacial score (nSPS) is 12.1. The Morgan fingerprint density at radius 1 is 1.60 bits per heavy atom. The van der Waals surface area contributed by atoms with Crippen molar-refractivity contribution in [2.24, 2.45) is 0 Å². The van der Waals surface area contributed by atoms with Gasteiger partial charge in [0.25, 0.3) is 5.91 Å². The second kappa shape index (κ2) is 5.42. The average Bonchev–Trinajstić information content (AvgIpc) is 2.69. The number of carbonyl (C=O) groups is 2. The summed E-state index contributed by atoms with van der Waals surface area (Å²) in [6, 6.07) is -1.08. The number of carboxylic acid groups (broad SMARTS) is 1. The minimum absolute atomic E-state index is 0.0226. The fraction of sp³-hybridized carbons (Fsp3) is 0.375. The lowest BCUT2D eigenvalue weighted by Crippen LogP contribution is -2.41. The van der Waals surface area contributed by atoms with E-state index in [1.807, 2.05) is 0 Å². The first-order valence-corrected chi connectivity index (χ1v) is 5.12. The van der Waals surface area contributed by atoms with Gasteiger partial charge in [-0.2, -0.15) is 0 Å². The quantitative estimate of drug-likeness (QED) is 0.645. The van der Waals surface area contributed by atoms with Crippen molar-refractivity contribution in [1.82, 2.24) is 10.3 Å². The van der Waals surface area contributed by atoms with Crippen LogP contribution in [0.2, 0.25) is 0 Å². The number of hydrogen-bond acceptors (Lipinski definition) is 5. The Hall–Kier alpha value is -1.47. The molecule has 7 heteroatoms. The molecule has 15 heavy (non-hydrogen) atoms. The van der Waals surface area contributed by atoms with Crippen molar-refractivity contribution in [2.75, 3.05) is 6.61 Å². The number of rotatable bonds is 5. The molecule has 1 aromatic heterocycles. The van der Waals surface area contributed by atoms with E-state index in [9.17, 15) is 9.59 Å². The first kappa shape index (κ1) is 11.6. The first-order chi connectivity index (χ1) is 7.15. The summed E-state index contributed by atoms with van der Waals surface area (Å²) in [5, 5.41) is 21.1. The van der Waals surface area contributed by atoms with Gasteiger partial charge in [-0.25, -0.2) is 9.78 Å². The number of hydrogen-bond donors (Lipinski definition) is 3. The average molecular weight is 230 g/mol. The molecular weight excluding hydrogens is 220 g/mol. The second-order valence-corrected chi connectivity index (χ2v) is 3.47. The molecule has 1 heterocycles. The van der Waals surface area contributed by atoms with Gasteiger partial charge >= 0.3 is 5.97 Å². The third-order valence-electron chi connectivity index (χ3n) is 1.69. The first-order valence-electron chi connectivity index (χ1n) is 4.18. The molecule has 0 saturated carbocycles. The van der Waals surface area contributed by atoms with Crippen LogP contribution in [0, 0.1) is 0 Å². The molecule has 0 unspecified atom stereocenters. The molecule has 0 aliphatic carbocycles. The van der Waals surface area contributed by atoms with Crippen LogP contribution in [-0.2, 0) is 4.79 Å². The molecule has 6 nitrogen and oxygen atoms in total. The SMILES string of the molecule is O=C(N[C@@H](CCO)C(=O)O)c1cscn1. The van der Waals surface area contributed by atoms with Crippen LogP contribution in [0.1, 0.15) is 16.9 Å². The number of carbonyl (C=O) groups excluding carboxylic acids is 1. The maximum Gasteiger partial charge on any atom is 0.326 e. The largest absolute Gasteiger partial charge is 0.480 e. The molecule has 0 aliphatic heterocycles. The summed E-state index contributed by atoms with van der Waals surface area (Å²) in [4.78, 5) is 25.8. The van der Waals surface area contributed by atoms with Gasteiger partial charge < -0.3 is 15.5 Å². The summed E-state index contributed by atoms with van der Waals surface area (Å²) in [5.41, 5.74) is 1.67. The van der Waals surface area contributed by atoms with E-state index < -0.39 is 17.9 Å². The summed E-state index contributed by atoms with van der Waals surface area (Å²) >= 11 is 1.25. The van der Waals surface area contributed by atoms with Crippen LogP contribution >= 0.6 is 11.3 Å². The monoisotopic (exact) mass is 230 g/mol. The molecule has 1 aromatic rings. The third-order valence-corrected chi connectivity index (χ3v) is 2.27. The number of aliphatic hydroxyl groups excluding tert-OH is 1. The lowest BCUT2D eigenvalue weighted by atomic mass is 10.2. The van der Waals surface area contributed by atoms with Crippen molar-refractivity contribution < 1.29 is 19.8 Å². The smallest absolute Gasteiger partial charge is 0.326 e. The summed E-state index contributed by atoms with van der Waals surface area (Å²) in [5.74, 6) is -1.72. The maximum atomic E-state index is 11.4. The Bertz CT molecular complexity index is 338. The number of aromatic nitrogens is 1. The highest BCUT2D eigenvalue weighted by molar-refractivity contribution is 7.07. The van der Waals surface area contributed by atoms with Gasteiger partial charge in [-0.3, -0.25) is 4.79 Å².